The number of aromatic nitrogens is 4. The summed E-state index contributed by atoms with van der Waals surface area (Å²) in [5.41, 5.74) is 1.75. The van der Waals surface area contributed by atoms with Crippen molar-refractivity contribution >= 4 is 17.5 Å². The maximum Gasteiger partial charge on any atom is 0.251 e. The smallest absolute Gasteiger partial charge is 0.251 e. The van der Waals surface area contributed by atoms with Gasteiger partial charge in [-0.05, 0) is 59.3 Å². The highest BCUT2D eigenvalue weighted by Gasteiger charge is 2.17. The number of amides is 1. The van der Waals surface area contributed by atoms with Crippen molar-refractivity contribution in [3.63, 3.8) is 0 Å². The second kappa shape index (κ2) is 9.11. The Hall–Kier alpha value is -2.84. The molecule has 3 aromatic rings. The van der Waals surface area contributed by atoms with Gasteiger partial charge in [-0.2, -0.15) is 4.68 Å². The first-order chi connectivity index (χ1) is 13.9. The first kappa shape index (κ1) is 20.9. The zero-order valence-corrected chi connectivity index (χ0v) is 17.1. The van der Waals surface area contributed by atoms with Crippen LogP contribution in [0.5, 0.6) is 0 Å². The van der Waals surface area contributed by atoms with Gasteiger partial charge in [0.15, 0.2) is 5.82 Å². The summed E-state index contributed by atoms with van der Waals surface area (Å²) in [6, 6.07) is 9.25. The largest absolute Gasteiger partial charge is 0.383 e. The van der Waals surface area contributed by atoms with Crippen LogP contribution in [0.3, 0.4) is 0 Å². The third kappa shape index (κ3) is 4.78. The first-order valence-electron chi connectivity index (χ1n) is 9.10. The van der Waals surface area contributed by atoms with Crippen LogP contribution in [0.4, 0.5) is 4.39 Å². The zero-order valence-electron chi connectivity index (χ0n) is 16.3. The van der Waals surface area contributed by atoms with Gasteiger partial charge in [-0.3, -0.25) is 4.79 Å². The van der Waals surface area contributed by atoms with E-state index < -0.39 is 5.82 Å². The van der Waals surface area contributed by atoms with Crippen LogP contribution >= 0.6 is 11.6 Å². The average Bonchev–Trinajstić information content (AvgIpc) is 3.16. The maximum atomic E-state index is 14.6. The van der Waals surface area contributed by atoms with Gasteiger partial charge >= 0.3 is 0 Å². The van der Waals surface area contributed by atoms with Crippen LogP contribution in [-0.2, 0) is 11.2 Å². The topological polar surface area (TPSA) is 81.9 Å². The monoisotopic (exact) mass is 417 g/mol. The molecule has 9 heteroatoms. The van der Waals surface area contributed by atoms with Crippen LogP contribution in [-0.4, -0.2) is 45.9 Å². The lowest BCUT2D eigenvalue weighted by Crippen LogP contribution is -2.35. The Bertz CT molecular complexity index is 1020. The molecule has 0 unspecified atom stereocenters. The molecule has 29 heavy (non-hydrogen) atoms. The maximum absolute atomic E-state index is 14.6. The molecule has 0 aliphatic carbocycles. The Balaban J connectivity index is 2.10. The summed E-state index contributed by atoms with van der Waals surface area (Å²) in [4.78, 5) is 12.8. The third-order valence-corrected chi connectivity index (χ3v) is 4.55. The predicted molar refractivity (Wildman–Crippen MR) is 108 cm³/mol. The predicted octanol–water partition coefficient (Wildman–Crippen LogP) is 3.45. The summed E-state index contributed by atoms with van der Waals surface area (Å²) < 4.78 is 21.2. The van der Waals surface area contributed by atoms with Crippen molar-refractivity contribution in [2.45, 2.75) is 26.3 Å². The molecule has 0 aliphatic rings. The molecule has 152 valence electrons. The van der Waals surface area contributed by atoms with Gasteiger partial charge in [0.1, 0.15) is 5.82 Å². The second-order valence-corrected chi connectivity index (χ2v) is 7.02. The van der Waals surface area contributed by atoms with Crippen molar-refractivity contribution in [1.82, 2.24) is 25.5 Å². The van der Waals surface area contributed by atoms with Crippen LogP contribution in [0.15, 0.2) is 36.4 Å². The standard InChI is InChI=1S/C20H21ClFN5O2/c1-4-19-24-25-26-27(19)16-8-13(17-6-5-15(21)10-18(17)22)7-14(9-16)20(28)23-12(2)11-29-3/h5-10,12H,4,11H2,1-3H3,(H,23,28)/t12-/m1/s1. The molecular weight excluding hydrogens is 397 g/mol. The average molecular weight is 418 g/mol. The van der Waals surface area contributed by atoms with Crippen LogP contribution in [0, 0.1) is 5.82 Å². The molecule has 0 saturated heterocycles. The third-order valence-electron chi connectivity index (χ3n) is 4.31. The number of hydrogen-bond donors (Lipinski definition) is 1. The van der Waals surface area contributed by atoms with E-state index in [1.807, 2.05) is 13.8 Å². The number of halogens is 2. The molecule has 1 N–H and O–H groups in total. The summed E-state index contributed by atoms with van der Waals surface area (Å²) in [7, 11) is 1.56. The Morgan fingerprint density at radius 2 is 2.10 bits per heavy atom. The Morgan fingerprint density at radius 3 is 2.79 bits per heavy atom. The van der Waals surface area contributed by atoms with E-state index in [9.17, 15) is 9.18 Å². The highest BCUT2D eigenvalue weighted by atomic mass is 35.5. The number of carbonyl (C=O) groups excluding carboxylic acids is 1. The van der Waals surface area contributed by atoms with Gasteiger partial charge in [0.05, 0.1) is 12.3 Å². The molecule has 1 aromatic heterocycles. The van der Waals surface area contributed by atoms with E-state index in [4.69, 9.17) is 16.3 Å². The molecule has 1 heterocycles. The molecule has 3 rings (SSSR count). The number of benzene rings is 2. The summed E-state index contributed by atoms with van der Waals surface area (Å²) in [5.74, 6) is -0.169. The lowest BCUT2D eigenvalue weighted by molar-refractivity contribution is 0.0905. The van der Waals surface area contributed by atoms with E-state index in [-0.39, 0.29) is 11.9 Å². The van der Waals surface area contributed by atoms with Gasteiger partial charge in [0.25, 0.3) is 5.91 Å². The van der Waals surface area contributed by atoms with Gasteiger partial charge in [-0.25, -0.2) is 4.39 Å². The summed E-state index contributed by atoms with van der Waals surface area (Å²) in [5, 5.41) is 14.8. The summed E-state index contributed by atoms with van der Waals surface area (Å²) in [6.45, 7) is 4.13. The number of hydrogen-bond acceptors (Lipinski definition) is 5. The SMILES string of the molecule is CCc1nnnn1-c1cc(C(=O)N[C@H](C)COC)cc(-c2ccc(Cl)cc2F)c1. The van der Waals surface area contributed by atoms with E-state index in [1.54, 1.807) is 37.4 Å². The molecular formula is C20H21ClFN5O2. The van der Waals surface area contributed by atoms with Crippen LogP contribution in [0.1, 0.15) is 30.0 Å². The molecule has 0 radical (unpaired) electrons. The molecule has 0 spiro atoms. The van der Waals surface area contributed by atoms with Gasteiger partial charge in [0.2, 0.25) is 0 Å². The fraction of sp³-hybridized carbons (Fsp3) is 0.300. The number of rotatable bonds is 7. The number of carbonyl (C=O) groups is 1. The Morgan fingerprint density at radius 1 is 1.31 bits per heavy atom. The van der Waals surface area contributed by atoms with Gasteiger partial charge in [-0.15, -0.1) is 5.10 Å². The second-order valence-electron chi connectivity index (χ2n) is 6.58. The van der Waals surface area contributed by atoms with Crippen molar-refractivity contribution in [1.29, 1.82) is 0 Å². The first-order valence-corrected chi connectivity index (χ1v) is 9.48. The summed E-state index contributed by atoms with van der Waals surface area (Å²) >= 11 is 5.88. The number of methoxy groups -OCH3 is 1. The number of aryl methyl sites for hydroxylation is 1. The summed E-state index contributed by atoms with van der Waals surface area (Å²) in [6.07, 6.45) is 0.596. The zero-order chi connectivity index (χ0) is 21.0. The Kier molecular flexibility index (Phi) is 6.56. The number of tetrazole rings is 1. The van der Waals surface area contributed by atoms with E-state index in [0.717, 1.165) is 0 Å². The minimum Gasteiger partial charge on any atom is -0.383 e. The van der Waals surface area contributed by atoms with Gasteiger partial charge in [0, 0.05) is 35.7 Å². The fourth-order valence-corrected chi connectivity index (χ4v) is 3.13. The van der Waals surface area contributed by atoms with Crippen LogP contribution in [0.25, 0.3) is 16.8 Å². The molecule has 0 fully saturated rings. The highest BCUT2D eigenvalue weighted by molar-refractivity contribution is 6.30. The van der Waals surface area contributed by atoms with E-state index in [0.29, 0.717) is 46.3 Å². The van der Waals surface area contributed by atoms with Crippen molar-refractivity contribution in [2.75, 3.05) is 13.7 Å². The van der Waals surface area contributed by atoms with Crippen molar-refractivity contribution < 1.29 is 13.9 Å². The molecule has 1 amide bonds. The number of nitrogens with one attached hydrogen (secondary N) is 1. The highest BCUT2D eigenvalue weighted by Crippen LogP contribution is 2.28. The molecule has 0 aliphatic heterocycles. The lowest BCUT2D eigenvalue weighted by atomic mass is 10.0. The number of ether oxygens (including phenoxy) is 1. The molecule has 0 bridgehead atoms. The minimum absolute atomic E-state index is 0.189. The van der Waals surface area contributed by atoms with E-state index in [2.05, 4.69) is 20.8 Å². The molecule has 7 nitrogen and oxygen atoms in total. The van der Waals surface area contributed by atoms with Crippen molar-refractivity contribution in [3.8, 4) is 16.8 Å². The van der Waals surface area contributed by atoms with E-state index in [1.165, 1.54) is 10.7 Å². The van der Waals surface area contributed by atoms with E-state index >= 15 is 0 Å². The van der Waals surface area contributed by atoms with Crippen LogP contribution < -0.4 is 5.32 Å². The number of nitrogens with zero attached hydrogens (tertiary/aromatic N) is 4. The molecule has 0 saturated carbocycles. The van der Waals surface area contributed by atoms with Gasteiger partial charge in [-0.1, -0.05) is 18.5 Å². The lowest BCUT2D eigenvalue weighted by Gasteiger charge is -2.15. The normalized spacial score (nSPS) is 12.0. The minimum atomic E-state index is -0.485. The Labute approximate surface area is 172 Å². The quantitative estimate of drug-likeness (QED) is 0.636. The van der Waals surface area contributed by atoms with Gasteiger partial charge < -0.3 is 10.1 Å². The molecule has 1 atom stereocenters. The van der Waals surface area contributed by atoms with Crippen molar-refractivity contribution in [3.05, 3.63) is 58.6 Å². The van der Waals surface area contributed by atoms with Crippen LogP contribution in [0.2, 0.25) is 5.02 Å². The molecule has 2 aromatic carbocycles. The fourth-order valence-electron chi connectivity index (χ4n) is 2.97. The van der Waals surface area contributed by atoms with Crippen molar-refractivity contribution in [2.24, 2.45) is 0 Å².